The number of phenolic OH excluding ortho intramolecular Hbond substituents is 2. The third-order valence-corrected chi connectivity index (χ3v) is 5.60. The minimum atomic E-state index is -4.47. The SMILES string of the molecule is N#Cc1cc(Cl)c(S(=O)(=O)c2cc(O)c(O)c([N+](=O)[O-])c2)c(Cl)c1. The minimum Gasteiger partial charge on any atom is -0.504 e. The molecule has 2 aromatic carbocycles. The van der Waals surface area contributed by atoms with E-state index in [2.05, 4.69) is 0 Å². The largest absolute Gasteiger partial charge is 0.504 e. The lowest BCUT2D eigenvalue weighted by Gasteiger charge is -2.10. The van der Waals surface area contributed by atoms with E-state index in [1.54, 1.807) is 6.07 Å². The number of sulfone groups is 1. The third-order valence-electron chi connectivity index (χ3n) is 2.95. The average molecular weight is 389 g/mol. The molecule has 0 bridgehead atoms. The Morgan fingerprint density at radius 3 is 2.12 bits per heavy atom. The highest BCUT2D eigenvalue weighted by molar-refractivity contribution is 7.91. The van der Waals surface area contributed by atoms with Crippen molar-refractivity contribution in [2.24, 2.45) is 0 Å². The average Bonchev–Trinajstić information content (AvgIpc) is 2.48. The van der Waals surface area contributed by atoms with Gasteiger partial charge in [-0.25, -0.2) is 8.42 Å². The zero-order chi connectivity index (χ0) is 18.2. The van der Waals surface area contributed by atoms with Crippen LogP contribution in [-0.2, 0) is 9.84 Å². The summed E-state index contributed by atoms with van der Waals surface area (Å²) in [6.45, 7) is 0. The smallest absolute Gasteiger partial charge is 0.315 e. The van der Waals surface area contributed by atoms with Gasteiger partial charge in [-0.2, -0.15) is 5.26 Å². The Labute approximate surface area is 145 Å². The van der Waals surface area contributed by atoms with Crippen LogP contribution in [0.5, 0.6) is 11.5 Å². The Kier molecular flexibility index (Phi) is 4.57. The highest BCUT2D eigenvalue weighted by Gasteiger charge is 2.29. The molecule has 0 aliphatic heterocycles. The fourth-order valence-electron chi connectivity index (χ4n) is 1.87. The number of benzene rings is 2. The molecule has 0 radical (unpaired) electrons. The molecule has 11 heteroatoms. The van der Waals surface area contributed by atoms with Crippen molar-refractivity contribution >= 4 is 38.7 Å². The number of halogens is 2. The number of rotatable bonds is 3. The van der Waals surface area contributed by atoms with Gasteiger partial charge in [0, 0.05) is 12.1 Å². The standard InChI is InChI=1S/C13H6Cl2N2O6S/c14-8-1-6(5-16)2-9(15)13(8)24(22,23)7-3-10(17(20)21)12(19)11(18)4-7/h1-4,18-19H. The quantitative estimate of drug-likeness (QED) is 0.467. The van der Waals surface area contributed by atoms with E-state index >= 15 is 0 Å². The molecule has 0 fully saturated rings. The van der Waals surface area contributed by atoms with E-state index in [-0.39, 0.29) is 15.6 Å². The summed E-state index contributed by atoms with van der Waals surface area (Å²) in [6, 6.07) is 5.06. The van der Waals surface area contributed by atoms with Crippen molar-refractivity contribution in [3.63, 3.8) is 0 Å². The van der Waals surface area contributed by atoms with E-state index < -0.39 is 41.7 Å². The minimum absolute atomic E-state index is 0.0171. The Balaban J connectivity index is 2.78. The van der Waals surface area contributed by atoms with Crippen LogP contribution < -0.4 is 0 Å². The summed E-state index contributed by atoms with van der Waals surface area (Å²) in [7, 11) is -4.47. The lowest BCUT2D eigenvalue weighted by Crippen LogP contribution is -2.05. The monoisotopic (exact) mass is 388 g/mol. The van der Waals surface area contributed by atoms with Gasteiger partial charge in [-0.15, -0.1) is 0 Å². The van der Waals surface area contributed by atoms with E-state index in [4.69, 9.17) is 28.5 Å². The van der Waals surface area contributed by atoms with Gasteiger partial charge in [0.2, 0.25) is 15.6 Å². The highest BCUT2D eigenvalue weighted by atomic mass is 35.5. The lowest BCUT2D eigenvalue weighted by molar-refractivity contribution is -0.386. The molecule has 0 heterocycles. The molecular formula is C13H6Cl2N2O6S. The topological polar surface area (TPSA) is 142 Å². The van der Waals surface area contributed by atoms with Crippen molar-refractivity contribution < 1.29 is 23.6 Å². The fourth-order valence-corrected chi connectivity index (χ4v) is 4.37. The summed E-state index contributed by atoms with van der Waals surface area (Å²) >= 11 is 11.7. The fraction of sp³-hybridized carbons (Fsp3) is 0. The maximum Gasteiger partial charge on any atom is 0.315 e. The van der Waals surface area contributed by atoms with Crippen LogP contribution in [0.15, 0.2) is 34.1 Å². The van der Waals surface area contributed by atoms with Gasteiger partial charge in [0.1, 0.15) is 4.90 Å². The molecule has 0 spiro atoms. The van der Waals surface area contributed by atoms with E-state index in [1.165, 1.54) is 0 Å². The molecule has 0 saturated carbocycles. The second kappa shape index (κ2) is 6.16. The molecule has 124 valence electrons. The number of phenols is 2. The van der Waals surface area contributed by atoms with Crippen molar-refractivity contribution in [3.05, 3.63) is 50.0 Å². The number of hydrogen-bond acceptors (Lipinski definition) is 7. The van der Waals surface area contributed by atoms with Crippen LogP contribution in [0.1, 0.15) is 5.56 Å². The predicted octanol–water partition coefficient (Wildman–Crippen LogP) is 3.02. The van der Waals surface area contributed by atoms with E-state index in [0.717, 1.165) is 12.1 Å². The Bertz CT molecular complexity index is 991. The van der Waals surface area contributed by atoms with Gasteiger partial charge in [0.05, 0.1) is 31.5 Å². The van der Waals surface area contributed by atoms with Gasteiger partial charge >= 0.3 is 5.69 Å². The van der Waals surface area contributed by atoms with Gasteiger partial charge in [-0.05, 0) is 12.1 Å². The van der Waals surface area contributed by atoms with Crippen molar-refractivity contribution in [2.45, 2.75) is 9.79 Å². The maximum absolute atomic E-state index is 12.6. The molecule has 0 aliphatic carbocycles. The first-order valence-corrected chi connectivity index (χ1v) is 8.18. The second-order valence-electron chi connectivity index (χ2n) is 4.45. The summed E-state index contributed by atoms with van der Waals surface area (Å²) in [5.74, 6) is -2.07. The molecule has 8 nitrogen and oxygen atoms in total. The third kappa shape index (κ3) is 2.94. The van der Waals surface area contributed by atoms with Crippen LogP contribution in [0.3, 0.4) is 0 Å². The Morgan fingerprint density at radius 2 is 1.67 bits per heavy atom. The van der Waals surface area contributed by atoms with Crippen LogP contribution in [-0.4, -0.2) is 23.6 Å². The molecule has 0 saturated heterocycles. The summed E-state index contributed by atoms with van der Waals surface area (Å²) in [4.78, 5) is 8.52. The maximum atomic E-state index is 12.6. The van der Waals surface area contributed by atoms with Crippen molar-refractivity contribution in [1.29, 1.82) is 5.26 Å². The Hall–Kier alpha value is -2.54. The van der Waals surface area contributed by atoms with E-state index in [1.807, 2.05) is 0 Å². The molecule has 2 N–H and O–H groups in total. The van der Waals surface area contributed by atoms with Gasteiger partial charge in [0.15, 0.2) is 5.75 Å². The zero-order valence-electron chi connectivity index (χ0n) is 11.4. The first-order valence-electron chi connectivity index (χ1n) is 5.94. The number of nitro benzene ring substituents is 1. The molecule has 0 aliphatic rings. The molecular weight excluding hydrogens is 383 g/mol. The molecule has 0 amide bonds. The second-order valence-corrected chi connectivity index (χ2v) is 7.15. The van der Waals surface area contributed by atoms with Gasteiger partial charge in [0.25, 0.3) is 0 Å². The van der Waals surface area contributed by atoms with Gasteiger partial charge in [-0.3, -0.25) is 10.1 Å². The van der Waals surface area contributed by atoms with Gasteiger partial charge < -0.3 is 10.2 Å². The van der Waals surface area contributed by atoms with Crippen molar-refractivity contribution in [2.75, 3.05) is 0 Å². The number of hydrogen-bond donors (Lipinski definition) is 2. The summed E-state index contributed by atoms with van der Waals surface area (Å²) in [5, 5.41) is 37.9. The number of nitro groups is 1. The van der Waals surface area contributed by atoms with E-state index in [9.17, 15) is 28.7 Å². The zero-order valence-corrected chi connectivity index (χ0v) is 13.7. The summed E-state index contributed by atoms with van der Waals surface area (Å²) < 4.78 is 25.3. The normalized spacial score (nSPS) is 11.0. The number of nitriles is 1. The molecule has 0 unspecified atom stereocenters. The highest BCUT2D eigenvalue weighted by Crippen LogP contribution is 2.41. The van der Waals surface area contributed by atoms with Crippen LogP contribution in [0, 0.1) is 21.4 Å². The first kappa shape index (κ1) is 17.8. The number of nitrogens with zero attached hydrogens (tertiary/aromatic N) is 2. The van der Waals surface area contributed by atoms with Crippen LogP contribution in [0.25, 0.3) is 0 Å². The van der Waals surface area contributed by atoms with Crippen LogP contribution in [0.4, 0.5) is 5.69 Å². The van der Waals surface area contributed by atoms with Gasteiger partial charge in [-0.1, -0.05) is 23.2 Å². The molecule has 0 aromatic heterocycles. The summed E-state index contributed by atoms with van der Waals surface area (Å²) in [6.07, 6.45) is 0. The van der Waals surface area contributed by atoms with E-state index in [0.29, 0.717) is 12.1 Å². The molecule has 2 rings (SSSR count). The first-order chi connectivity index (χ1) is 11.1. The molecule has 24 heavy (non-hydrogen) atoms. The molecule has 2 aromatic rings. The Morgan fingerprint density at radius 1 is 1.12 bits per heavy atom. The summed E-state index contributed by atoms with van der Waals surface area (Å²) in [5.41, 5.74) is -0.988. The number of aromatic hydroxyl groups is 2. The molecule has 0 atom stereocenters. The van der Waals surface area contributed by atoms with Crippen molar-refractivity contribution in [1.82, 2.24) is 0 Å². The van der Waals surface area contributed by atoms with Crippen LogP contribution in [0.2, 0.25) is 10.0 Å². The van der Waals surface area contributed by atoms with Crippen LogP contribution >= 0.6 is 23.2 Å². The lowest BCUT2D eigenvalue weighted by atomic mass is 10.2. The van der Waals surface area contributed by atoms with Crippen molar-refractivity contribution in [3.8, 4) is 17.6 Å². The predicted molar refractivity (Wildman–Crippen MR) is 83.1 cm³/mol.